The number of methoxy groups -OCH3 is 1. The summed E-state index contributed by atoms with van der Waals surface area (Å²) in [5.41, 5.74) is 8.29. The Balaban J connectivity index is 1.85. The molecule has 0 aliphatic heterocycles. The number of hydrogen-bond donors (Lipinski definition) is 1. The summed E-state index contributed by atoms with van der Waals surface area (Å²) in [7, 11) is 1.62. The number of nitrogens with two attached hydrogens (primary N) is 1. The Kier molecular flexibility index (Phi) is 4.68. The van der Waals surface area contributed by atoms with E-state index < -0.39 is 0 Å². The molecule has 0 aliphatic carbocycles. The van der Waals surface area contributed by atoms with E-state index in [9.17, 15) is 0 Å². The predicted octanol–water partition coefficient (Wildman–Crippen LogP) is 3.02. The van der Waals surface area contributed by atoms with Crippen LogP contribution in [0.15, 0.2) is 30.6 Å². The highest BCUT2D eigenvalue weighted by Gasteiger charge is 2.14. The molecule has 0 aromatic carbocycles. The summed E-state index contributed by atoms with van der Waals surface area (Å²) in [4.78, 5) is 17.9. The number of pyridine rings is 1. The molecule has 0 amide bonds. The van der Waals surface area contributed by atoms with E-state index in [0.717, 1.165) is 40.6 Å². The van der Waals surface area contributed by atoms with Crippen molar-refractivity contribution in [2.24, 2.45) is 0 Å². The van der Waals surface area contributed by atoms with Gasteiger partial charge in [-0.05, 0) is 36.6 Å². The largest absolute Gasteiger partial charge is 0.497 e. The highest BCUT2D eigenvalue weighted by atomic mass is 35.5. The van der Waals surface area contributed by atoms with E-state index in [2.05, 4.69) is 19.9 Å². The normalized spacial score (nSPS) is 10.7. The van der Waals surface area contributed by atoms with E-state index in [1.165, 1.54) is 11.3 Å². The summed E-state index contributed by atoms with van der Waals surface area (Å²) in [6.45, 7) is 0. The highest BCUT2D eigenvalue weighted by Crippen LogP contribution is 2.31. The molecule has 3 aromatic heterocycles. The lowest BCUT2D eigenvalue weighted by molar-refractivity contribution is 0.414. The molecule has 8 heteroatoms. The summed E-state index contributed by atoms with van der Waals surface area (Å²) in [5.74, 6) is 0.732. The van der Waals surface area contributed by atoms with Gasteiger partial charge < -0.3 is 10.5 Å². The Morgan fingerprint density at radius 2 is 2.00 bits per heavy atom. The standard InChI is InChI=1S/C15H14ClN5OS/c1-22-10-5-7-18-11(8-10)13-12(23-15(17)21-13)3-2-9-4-6-19-14(16)20-9/h4-8H,2-3H2,1H3,(H2,17,21). The molecule has 0 saturated carbocycles. The zero-order valence-electron chi connectivity index (χ0n) is 12.4. The van der Waals surface area contributed by atoms with E-state index in [1.807, 2.05) is 12.1 Å². The third kappa shape index (κ3) is 3.75. The molecule has 0 spiro atoms. The van der Waals surface area contributed by atoms with Crippen LogP contribution in [-0.2, 0) is 12.8 Å². The number of aromatic nitrogens is 4. The van der Waals surface area contributed by atoms with Crippen LogP contribution in [0.3, 0.4) is 0 Å². The van der Waals surface area contributed by atoms with Crippen molar-refractivity contribution in [3.8, 4) is 17.1 Å². The highest BCUT2D eigenvalue weighted by molar-refractivity contribution is 7.15. The topological polar surface area (TPSA) is 86.8 Å². The molecular weight excluding hydrogens is 334 g/mol. The zero-order valence-corrected chi connectivity index (χ0v) is 13.9. The molecular formula is C15H14ClN5OS. The van der Waals surface area contributed by atoms with E-state index in [4.69, 9.17) is 22.1 Å². The first-order valence-corrected chi connectivity index (χ1v) is 8.08. The van der Waals surface area contributed by atoms with Crippen LogP contribution in [-0.4, -0.2) is 27.0 Å². The van der Waals surface area contributed by atoms with Gasteiger partial charge in [0, 0.05) is 29.0 Å². The second kappa shape index (κ2) is 6.89. The number of thiazole rings is 1. The summed E-state index contributed by atoms with van der Waals surface area (Å²) in [6.07, 6.45) is 4.81. The summed E-state index contributed by atoms with van der Waals surface area (Å²) in [6, 6.07) is 5.49. The van der Waals surface area contributed by atoms with E-state index in [-0.39, 0.29) is 5.28 Å². The van der Waals surface area contributed by atoms with Crippen LogP contribution >= 0.6 is 22.9 Å². The molecule has 6 nitrogen and oxygen atoms in total. The maximum Gasteiger partial charge on any atom is 0.222 e. The van der Waals surface area contributed by atoms with E-state index in [1.54, 1.807) is 25.6 Å². The van der Waals surface area contributed by atoms with Crippen LogP contribution in [0.2, 0.25) is 5.28 Å². The van der Waals surface area contributed by atoms with Crippen molar-refractivity contribution in [1.82, 2.24) is 19.9 Å². The summed E-state index contributed by atoms with van der Waals surface area (Å²) in [5, 5.41) is 0.765. The molecule has 3 heterocycles. The lowest BCUT2D eigenvalue weighted by Gasteiger charge is -2.04. The minimum Gasteiger partial charge on any atom is -0.497 e. The smallest absolute Gasteiger partial charge is 0.222 e. The third-order valence-electron chi connectivity index (χ3n) is 3.22. The van der Waals surface area contributed by atoms with Gasteiger partial charge in [0.2, 0.25) is 5.28 Å². The van der Waals surface area contributed by atoms with Crippen molar-refractivity contribution in [1.29, 1.82) is 0 Å². The molecule has 0 unspecified atom stereocenters. The van der Waals surface area contributed by atoms with Gasteiger partial charge >= 0.3 is 0 Å². The first kappa shape index (κ1) is 15.6. The molecule has 3 rings (SSSR count). The summed E-state index contributed by atoms with van der Waals surface area (Å²) < 4.78 is 5.24. The fourth-order valence-electron chi connectivity index (χ4n) is 2.16. The van der Waals surface area contributed by atoms with Gasteiger partial charge in [0.25, 0.3) is 0 Å². The number of anilines is 1. The number of halogens is 1. The number of ether oxygens (including phenoxy) is 1. The maximum absolute atomic E-state index is 5.88. The van der Waals surface area contributed by atoms with Crippen LogP contribution < -0.4 is 10.5 Å². The molecule has 23 heavy (non-hydrogen) atoms. The van der Waals surface area contributed by atoms with Gasteiger partial charge in [0.15, 0.2) is 5.13 Å². The SMILES string of the molecule is COc1ccnc(-c2nc(N)sc2CCc2ccnc(Cl)n2)c1. The van der Waals surface area contributed by atoms with Gasteiger partial charge in [0.05, 0.1) is 12.8 Å². The number of rotatable bonds is 5. The average Bonchev–Trinajstić information content (AvgIpc) is 2.94. The first-order valence-electron chi connectivity index (χ1n) is 6.88. The number of aryl methyl sites for hydroxylation is 2. The van der Waals surface area contributed by atoms with Crippen LogP contribution in [0.25, 0.3) is 11.4 Å². The molecule has 0 atom stereocenters. The molecule has 0 fully saturated rings. The minimum absolute atomic E-state index is 0.251. The Hall–Kier alpha value is -2.25. The molecule has 0 saturated heterocycles. The maximum atomic E-state index is 5.88. The van der Waals surface area contributed by atoms with Crippen LogP contribution in [0.1, 0.15) is 10.6 Å². The van der Waals surface area contributed by atoms with Crippen molar-refractivity contribution in [3.63, 3.8) is 0 Å². The monoisotopic (exact) mass is 347 g/mol. The van der Waals surface area contributed by atoms with E-state index in [0.29, 0.717) is 5.13 Å². The van der Waals surface area contributed by atoms with Crippen molar-refractivity contribution in [3.05, 3.63) is 46.4 Å². The Bertz CT molecular complexity index is 823. The Labute approximate surface area is 142 Å². The minimum atomic E-state index is 0.251. The van der Waals surface area contributed by atoms with E-state index >= 15 is 0 Å². The van der Waals surface area contributed by atoms with Crippen LogP contribution in [0.5, 0.6) is 5.75 Å². The quantitative estimate of drug-likeness (QED) is 0.714. The van der Waals surface area contributed by atoms with Gasteiger partial charge in [-0.2, -0.15) is 0 Å². The number of hydrogen-bond acceptors (Lipinski definition) is 7. The summed E-state index contributed by atoms with van der Waals surface area (Å²) >= 11 is 7.27. The Morgan fingerprint density at radius 3 is 2.78 bits per heavy atom. The molecule has 0 aliphatic rings. The fraction of sp³-hybridized carbons (Fsp3) is 0.200. The van der Waals surface area contributed by atoms with Gasteiger partial charge in [-0.3, -0.25) is 4.98 Å². The third-order valence-corrected chi connectivity index (χ3v) is 4.34. The predicted molar refractivity (Wildman–Crippen MR) is 90.8 cm³/mol. The molecule has 118 valence electrons. The van der Waals surface area contributed by atoms with Gasteiger partial charge in [-0.25, -0.2) is 15.0 Å². The zero-order chi connectivity index (χ0) is 16.2. The van der Waals surface area contributed by atoms with Crippen LogP contribution in [0.4, 0.5) is 5.13 Å². The lowest BCUT2D eigenvalue weighted by Crippen LogP contribution is -1.96. The lowest BCUT2D eigenvalue weighted by atomic mass is 10.1. The number of nitrogens with zero attached hydrogens (tertiary/aromatic N) is 4. The van der Waals surface area contributed by atoms with Crippen molar-refractivity contribution in [2.45, 2.75) is 12.8 Å². The molecule has 3 aromatic rings. The number of nitrogen functional groups attached to an aromatic ring is 1. The first-order chi connectivity index (χ1) is 11.2. The molecule has 0 bridgehead atoms. The van der Waals surface area contributed by atoms with Crippen molar-refractivity contribution < 1.29 is 4.74 Å². The average molecular weight is 348 g/mol. The second-order valence-corrected chi connectivity index (χ2v) is 6.18. The molecule has 2 N–H and O–H groups in total. The van der Waals surface area contributed by atoms with Crippen molar-refractivity contribution in [2.75, 3.05) is 12.8 Å². The van der Waals surface area contributed by atoms with Gasteiger partial charge in [-0.1, -0.05) is 0 Å². The fourth-order valence-corrected chi connectivity index (χ4v) is 3.16. The van der Waals surface area contributed by atoms with Gasteiger partial charge in [0.1, 0.15) is 11.4 Å². The van der Waals surface area contributed by atoms with Crippen molar-refractivity contribution >= 4 is 28.1 Å². The molecule has 0 radical (unpaired) electrons. The Morgan fingerprint density at radius 1 is 1.17 bits per heavy atom. The van der Waals surface area contributed by atoms with Gasteiger partial charge in [-0.15, -0.1) is 11.3 Å². The second-order valence-electron chi connectivity index (χ2n) is 4.72. The van der Waals surface area contributed by atoms with Crippen LogP contribution in [0, 0.1) is 0 Å².